The molecule has 2 N–H and O–H groups in total. The fourth-order valence-electron chi connectivity index (χ4n) is 1.91. The number of methoxy groups -OCH3 is 1. The smallest absolute Gasteiger partial charge is 0.247 e. The van der Waals surface area contributed by atoms with E-state index in [4.69, 9.17) is 10.5 Å². The van der Waals surface area contributed by atoms with E-state index in [0.717, 1.165) is 19.6 Å². The summed E-state index contributed by atoms with van der Waals surface area (Å²) in [5, 5.41) is 0. The van der Waals surface area contributed by atoms with E-state index in [9.17, 15) is 0 Å². The van der Waals surface area contributed by atoms with Gasteiger partial charge in [-0.25, -0.2) is 4.90 Å². The van der Waals surface area contributed by atoms with E-state index in [-0.39, 0.29) is 0 Å². The summed E-state index contributed by atoms with van der Waals surface area (Å²) in [5.41, 5.74) is 7.41. The first kappa shape index (κ1) is 12.0. The first-order valence-corrected chi connectivity index (χ1v) is 5.94. The molecular weight excluding hydrogens is 270 g/mol. The lowest BCUT2D eigenvalue weighted by Gasteiger charge is -2.35. The Morgan fingerprint density at radius 2 is 2.06 bits per heavy atom. The highest BCUT2D eigenvalue weighted by Gasteiger charge is 2.43. The van der Waals surface area contributed by atoms with Gasteiger partial charge in [-0.3, -0.25) is 5.73 Å². The molecule has 0 aliphatic carbocycles. The van der Waals surface area contributed by atoms with Crippen LogP contribution >= 0.6 is 16.1 Å². The fraction of sp³-hybridized carbons (Fsp3) is 0.455. The maximum absolute atomic E-state index is 6.18. The van der Waals surface area contributed by atoms with E-state index >= 15 is 0 Å². The summed E-state index contributed by atoms with van der Waals surface area (Å²) < 4.78 is 7.21. The fourth-order valence-corrected chi connectivity index (χ4v) is 2.43. The normalized spacial score (nSPS) is 27.4. The molecule has 1 aliphatic heterocycles. The van der Waals surface area contributed by atoms with Crippen LogP contribution in [0.5, 0.6) is 0 Å². The van der Waals surface area contributed by atoms with Crippen LogP contribution in [0.15, 0.2) is 30.3 Å². The number of benzene rings is 1. The van der Waals surface area contributed by atoms with Gasteiger partial charge in [0.15, 0.2) is 0 Å². The number of hydrogen-bond acceptors (Lipinski definition) is 4. The van der Waals surface area contributed by atoms with Crippen molar-refractivity contribution in [3.05, 3.63) is 35.9 Å². The van der Waals surface area contributed by atoms with Crippen molar-refractivity contribution < 1.29 is 4.74 Å². The van der Waals surface area contributed by atoms with Gasteiger partial charge in [0.05, 0.1) is 0 Å². The molecule has 5 heteroatoms. The molecule has 88 valence electrons. The molecule has 0 radical (unpaired) electrons. The van der Waals surface area contributed by atoms with Crippen LogP contribution in [0, 0.1) is 0 Å². The predicted molar refractivity (Wildman–Crippen MR) is 66.4 cm³/mol. The summed E-state index contributed by atoms with van der Waals surface area (Å²) in [6.07, 6.45) is 0. The first-order valence-electron chi connectivity index (χ1n) is 5.23. The van der Waals surface area contributed by atoms with Crippen LogP contribution < -0.4 is 5.73 Å². The summed E-state index contributed by atoms with van der Waals surface area (Å²) in [4.78, 5) is 2.09. The lowest BCUT2D eigenvalue weighted by atomic mass is 10.2. The number of rotatable bonds is 3. The molecule has 1 unspecified atom stereocenters. The van der Waals surface area contributed by atoms with Crippen molar-refractivity contribution in [3.8, 4) is 0 Å². The average molecular weight is 286 g/mol. The second-order valence-corrected chi connectivity index (χ2v) is 4.71. The highest BCUT2D eigenvalue weighted by Crippen LogP contribution is 2.27. The van der Waals surface area contributed by atoms with Crippen molar-refractivity contribution >= 4 is 16.1 Å². The van der Waals surface area contributed by atoms with Crippen molar-refractivity contribution in [2.24, 2.45) is 5.73 Å². The molecule has 0 spiro atoms. The first-order chi connectivity index (χ1) is 7.66. The SMILES string of the molecule is COC1(N)N(Br)CCN1Cc1ccccc1. The Kier molecular flexibility index (Phi) is 3.61. The third-order valence-corrected chi connectivity index (χ3v) is 3.75. The van der Waals surface area contributed by atoms with E-state index < -0.39 is 5.97 Å². The highest BCUT2D eigenvalue weighted by molar-refractivity contribution is 9.07. The van der Waals surface area contributed by atoms with Gasteiger partial charge in [-0.15, -0.1) is 0 Å². The summed E-state index contributed by atoms with van der Waals surface area (Å²) in [5.74, 6) is -0.851. The largest absolute Gasteiger partial charge is 0.337 e. The van der Waals surface area contributed by atoms with Crippen LogP contribution in [0.2, 0.25) is 0 Å². The van der Waals surface area contributed by atoms with E-state index in [0.29, 0.717) is 0 Å². The maximum atomic E-state index is 6.18. The Bertz CT molecular complexity index is 348. The third kappa shape index (κ3) is 2.14. The van der Waals surface area contributed by atoms with E-state index in [2.05, 4.69) is 33.2 Å². The van der Waals surface area contributed by atoms with Gasteiger partial charge in [0, 0.05) is 42.9 Å². The number of hydrogen-bond donors (Lipinski definition) is 1. The zero-order chi connectivity index (χ0) is 11.6. The Morgan fingerprint density at radius 1 is 1.38 bits per heavy atom. The Morgan fingerprint density at radius 3 is 2.69 bits per heavy atom. The quantitative estimate of drug-likeness (QED) is 0.672. The Labute approximate surface area is 104 Å². The topological polar surface area (TPSA) is 41.7 Å². The molecule has 0 aromatic heterocycles. The van der Waals surface area contributed by atoms with Gasteiger partial charge in [0.25, 0.3) is 0 Å². The second-order valence-electron chi connectivity index (χ2n) is 3.86. The molecule has 0 saturated carbocycles. The summed E-state index contributed by atoms with van der Waals surface area (Å²) in [7, 11) is 1.62. The van der Waals surface area contributed by atoms with Gasteiger partial charge in [0.2, 0.25) is 5.97 Å². The van der Waals surface area contributed by atoms with Gasteiger partial charge in [0.1, 0.15) is 0 Å². The molecule has 1 aromatic rings. The molecule has 1 aliphatic rings. The van der Waals surface area contributed by atoms with Gasteiger partial charge >= 0.3 is 0 Å². The maximum Gasteiger partial charge on any atom is 0.247 e. The lowest BCUT2D eigenvalue weighted by Crippen LogP contribution is -2.59. The monoisotopic (exact) mass is 285 g/mol. The van der Waals surface area contributed by atoms with Crippen molar-refractivity contribution in [2.75, 3.05) is 20.2 Å². The second kappa shape index (κ2) is 4.81. The van der Waals surface area contributed by atoms with Gasteiger partial charge < -0.3 is 4.74 Å². The van der Waals surface area contributed by atoms with E-state index in [1.165, 1.54) is 5.56 Å². The van der Waals surface area contributed by atoms with Crippen LogP contribution in [0.4, 0.5) is 0 Å². The summed E-state index contributed by atoms with van der Waals surface area (Å²) in [6.45, 7) is 2.51. The molecule has 0 amide bonds. The molecule has 4 nitrogen and oxygen atoms in total. The van der Waals surface area contributed by atoms with Gasteiger partial charge in [-0.05, 0) is 5.56 Å². The van der Waals surface area contributed by atoms with Crippen LogP contribution in [0.3, 0.4) is 0 Å². The molecular formula is C11H16BrN3O. The minimum Gasteiger partial charge on any atom is -0.337 e. The molecule has 1 saturated heterocycles. The average Bonchev–Trinajstić information content (AvgIpc) is 2.59. The van der Waals surface area contributed by atoms with E-state index in [1.54, 1.807) is 7.11 Å². The van der Waals surface area contributed by atoms with Crippen molar-refractivity contribution in [1.82, 2.24) is 8.83 Å². The molecule has 1 aromatic carbocycles. The third-order valence-electron chi connectivity index (χ3n) is 2.88. The minimum atomic E-state index is -0.851. The van der Waals surface area contributed by atoms with Crippen LogP contribution in [-0.4, -0.2) is 35.0 Å². The molecule has 1 atom stereocenters. The summed E-state index contributed by atoms with van der Waals surface area (Å²) >= 11 is 3.42. The lowest BCUT2D eigenvalue weighted by molar-refractivity contribution is -0.160. The highest BCUT2D eigenvalue weighted by atomic mass is 79.9. The van der Waals surface area contributed by atoms with Gasteiger partial charge in [-0.2, -0.15) is 3.93 Å². The molecule has 2 rings (SSSR count). The minimum absolute atomic E-state index is 0.785. The number of halogens is 1. The van der Waals surface area contributed by atoms with Crippen molar-refractivity contribution in [1.29, 1.82) is 0 Å². The predicted octanol–water partition coefficient (Wildman–Crippen LogP) is 1.33. The summed E-state index contributed by atoms with van der Waals surface area (Å²) in [6, 6.07) is 10.3. The zero-order valence-electron chi connectivity index (χ0n) is 9.27. The van der Waals surface area contributed by atoms with Crippen molar-refractivity contribution in [3.63, 3.8) is 0 Å². The molecule has 16 heavy (non-hydrogen) atoms. The van der Waals surface area contributed by atoms with Crippen LogP contribution in [-0.2, 0) is 11.3 Å². The molecule has 1 fully saturated rings. The molecule has 1 heterocycles. The standard InChI is InChI=1S/C11H16BrN3O/c1-16-11(13)14(7-8-15(11)12)9-10-5-3-2-4-6-10/h2-6H,7-9,13H2,1H3. The van der Waals surface area contributed by atoms with Crippen LogP contribution in [0.25, 0.3) is 0 Å². The van der Waals surface area contributed by atoms with Gasteiger partial charge in [-0.1, -0.05) is 30.3 Å². The Hall–Kier alpha value is -0.460. The van der Waals surface area contributed by atoms with Crippen molar-refractivity contribution in [2.45, 2.75) is 12.5 Å². The zero-order valence-corrected chi connectivity index (χ0v) is 10.9. The molecule has 0 bridgehead atoms. The number of nitrogens with two attached hydrogens (primary N) is 1. The van der Waals surface area contributed by atoms with Crippen LogP contribution in [0.1, 0.15) is 5.56 Å². The number of ether oxygens (including phenoxy) is 1. The number of nitrogens with zero attached hydrogens (tertiary/aromatic N) is 2. The Balaban J connectivity index is 2.11. The van der Waals surface area contributed by atoms with E-state index in [1.807, 2.05) is 22.1 Å².